The summed E-state index contributed by atoms with van der Waals surface area (Å²) in [5.74, 6) is -0.664. The number of benzene rings is 4. The van der Waals surface area contributed by atoms with E-state index in [-0.39, 0.29) is 45.6 Å². The van der Waals surface area contributed by atoms with Crippen LogP contribution in [-0.4, -0.2) is 145 Å². The molecule has 0 radical (unpaired) electrons. The number of unbranched alkanes of at least 4 members (excludes halogenated alkanes) is 5. The number of esters is 1. The molecule has 4 N–H and O–H groups in total. The predicted octanol–water partition coefficient (Wildman–Crippen LogP) is 6.67. The number of aliphatic hydroxyl groups excluding tert-OH is 3. The third-order valence-corrected chi connectivity index (χ3v) is 14.2. The first-order valence-electron chi connectivity index (χ1n) is 26.4. The standard InChI is InChI=1S/C58H76ClNO16/c1-38-51(69-34-41-24-14-9-15-25-41)54(70-35-42-26-16-10-17-27-42)55(71-36-43-28-18-11-19-29-43)58(72-38)76-53-48(60-39(2)62)56(68-31-21-7-5-4-6-20-30-46(63)66-3)74-45(37-67-33-40-22-12-8-13-23-40)52(53)75-57-50(65)49(64)47(59)44(32-61)73-57/h8-19,22-29,38,44-45,47-58,61,64-65H,4-7,20-21,30-37H2,1-3H3,(H,60,62)/t38-,44+,45+,47-,48+,49-,50+,51+,52+,53+,54+,55-,56+,57?,58-/m0/s1. The minimum atomic E-state index is -1.70. The Bertz CT molecular complexity index is 2250. The van der Waals surface area contributed by atoms with E-state index in [0.29, 0.717) is 12.8 Å². The Balaban J connectivity index is 1.25. The summed E-state index contributed by atoms with van der Waals surface area (Å²) in [5.41, 5.74) is 3.62. The molecule has 3 saturated heterocycles. The van der Waals surface area contributed by atoms with Crippen molar-refractivity contribution < 1.29 is 77.0 Å². The Kier molecular flexibility index (Phi) is 24.4. The van der Waals surface area contributed by atoms with E-state index in [4.69, 9.17) is 63.7 Å². The average Bonchev–Trinajstić information content (AvgIpc) is 3.50. The van der Waals surface area contributed by atoms with Crippen molar-refractivity contribution in [2.75, 3.05) is 26.9 Å². The molecule has 416 valence electrons. The normalized spacial score (nSPS) is 29.6. The van der Waals surface area contributed by atoms with Gasteiger partial charge in [0.15, 0.2) is 18.9 Å². The number of rotatable bonds is 29. The molecule has 1 amide bonds. The summed E-state index contributed by atoms with van der Waals surface area (Å²) in [5, 5.41) is 34.9. The number of hydrogen-bond acceptors (Lipinski definition) is 16. The van der Waals surface area contributed by atoms with E-state index < -0.39 is 104 Å². The topological polar surface area (TPSA) is 208 Å². The van der Waals surface area contributed by atoms with Gasteiger partial charge >= 0.3 is 5.97 Å². The van der Waals surface area contributed by atoms with Gasteiger partial charge in [-0.2, -0.15) is 0 Å². The molecule has 76 heavy (non-hydrogen) atoms. The van der Waals surface area contributed by atoms with Crippen molar-refractivity contribution in [2.24, 2.45) is 0 Å². The number of amides is 1. The van der Waals surface area contributed by atoms with Crippen LogP contribution in [0.4, 0.5) is 0 Å². The second-order valence-electron chi connectivity index (χ2n) is 19.4. The minimum Gasteiger partial charge on any atom is -0.469 e. The predicted molar refractivity (Wildman–Crippen MR) is 279 cm³/mol. The highest BCUT2D eigenvalue weighted by Gasteiger charge is 2.56. The zero-order valence-corrected chi connectivity index (χ0v) is 44.4. The van der Waals surface area contributed by atoms with Crippen molar-refractivity contribution in [1.82, 2.24) is 5.32 Å². The summed E-state index contributed by atoms with van der Waals surface area (Å²) in [6.45, 7) is 3.51. The number of halogens is 1. The third-order valence-electron chi connectivity index (χ3n) is 13.7. The summed E-state index contributed by atoms with van der Waals surface area (Å²) in [6.07, 6.45) is -9.87. The molecule has 0 spiro atoms. The maximum absolute atomic E-state index is 13.5. The van der Waals surface area contributed by atoms with Crippen LogP contribution in [0.5, 0.6) is 0 Å². The molecule has 3 heterocycles. The molecular formula is C58H76ClNO16. The molecule has 0 aromatic heterocycles. The first kappa shape index (κ1) is 59.3. The van der Waals surface area contributed by atoms with E-state index in [1.54, 1.807) is 0 Å². The molecule has 17 nitrogen and oxygen atoms in total. The summed E-state index contributed by atoms with van der Waals surface area (Å²) >= 11 is 6.47. The first-order valence-corrected chi connectivity index (χ1v) is 26.9. The smallest absolute Gasteiger partial charge is 0.305 e. The van der Waals surface area contributed by atoms with Gasteiger partial charge in [-0.3, -0.25) is 9.59 Å². The number of aliphatic hydroxyl groups is 3. The van der Waals surface area contributed by atoms with E-state index in [9.17, 15) is 24.9 Å². The molecule has 4 aromatic carbocycles. The maximum Gasteiger partial charge on any atom is 0.305 e. The number of ether oxygens (including phenoxy) is 11. The Morgan fingerprint density at radius 3 is 1.62 bits per heavy atom. The van der Waals surface area contributed by atoms with Gasteiger partial charge in [0.25, 0.3) is 0 Å². The average molecular weight is 1080 g/mol. The molecule has 18 heteroatoms. The van der Waals surface area contributed by atoms with Crippen LogP contribution >= 0.6 is 11.6 Å². The molecule has 7 rings (SSSR count). The van der Waals surface area contributed by atoms with Gasteiger partial charge in [0, 0.05) is 20.0 Å². The van der Waals surface area contributed by atoms with Gasteiger partial charge in [0.05, 0.1) is 58.2 Å². The second-order valence-corrected chi connectivity index (χ2v) is 19.9. The molecule has 1 unspecified atom stereocenters. The first-order chi connectivity index (χ1) is 37.0. The second kappa shape index (κ2) is 31.3. The molecule has 3 aliphatic rings. The van der Waals surface area contributed by atoms with Crippen molar-refractivity contribution in [2.45, 2.75) is 177 Å². The van der Waals surface area contributed by atoms with Crippen LogP contribution < -0.4 is 5.32 Å². The van der Waals surface area contributed by atoms with Gasteiger partial charge in [-0.15, -0.1) is 11.6 Å². The fourth-order valence-corrected chi connectivity index (χ4v) is 9.87. The van der Waals surface area contributed by atoms with Crippen LogP contribution in [-0.2, 0) is 88.1 Å². The molecular weight excluding hydrogens is 1000 g/mol. The van der Waals surface area contributed by atoms with E-state index in [1.165, 1.54) is 14.0 Å². The van der Waals surface area contributed by atoms with Crippen LogP contribution in [0.3, 0.4) is 0 Å². The van der Waals surface area contributed by atoms with Gasteiger partial charge in [0.1, 0.15) is 61.0 Å². The van der Waals surface area contributed by atoms with Crippen LogP contribution in [0.2, 0.25) is 0 Å². The van der Waals surface area contributed by atoms with E-state index in [1.807, 2.05) is 128 Å². The molecule has 0 aliphatic carbocycles. The van der Waals surface area contributed by atoms with Crippen LogP contribution in [0.25, 0.3) is 0 Å². The molecule has 0 saturated carbocycles. The Morgan fingerprint density at radius 2 is 1.07 bits per heavy atom. The molecule has 15 atom stereocenters. The zero-order chi connectivity index (χ0) is 53.7. The Morgan fingerprint density at radius 1 is 0.566 bits per heavy atom. The van der Waals surface area contributed by atoms with Crippen LogP contribution in [0, 0.1) is 0 Å². The van der Waals surface area contributed by atoms with Gasteiger partial charge < -0.3 is 72.7 Å². The number of nitrogens with one attached hydrogen (secondary N) is 1. The highest BCUT2D eigenvalue weighted by molar-refractivity contribution is 6.21. The molecule has 4 aromatic rings. The monoisotopic (exact) mass is 1080 g/mol. The van der Waals surface area contributed by atoms with Crippen molar-refractivity contribution >= 4 is 23.5 Å². The third kappa shape index (κ3) is 17.5. The van der Waals surface area contributed by atoms with Crippen molar-refractivity contribution in [3.8, 4) is 0 Å². The van der Waals surface area contributed by atoms with Gasteiger partial charge in [0.2, 0.25) is 5.91 Å². The van der Waals surface area contributed by atoms with E-state index in [0.717, 1.165) is 54.4 Å². The number of methoxy groups -OCH3 is 1. The summed E-state index contributed by atoms with van der Waals surface area (Å²) in [6, 6.07) is 37.6. The van der Waals surface area contributed by atoms with E-state index >= 15 is 0 Å². The zero-order valence-electron chi connectivity index (χ0n) is 43.6. The van der Waals surface area contributed by atoms with Crippen molar-refractivity contribution in [3.63, 3.8) is 0 Å². The largest absolute Gasteiger partial charge is 0.469 e. The SMILES string of the molecule is COC(=O)CCCCCCCCO[C@@H]1O[C@H](COCc2ccccc2)[C@@H](OC2O[C@H](CO)[C@H](Cl)[C@H](O)[C@H]2O)[C@H](O[C@@H]2O[C@@H](C)[C@@H](OCc3ccccc3)[C@@H](OCc3ccccc3)[C@@H]2OCc2ccccc2)[C@H]1NC(C)=O. The maximum atomic E-state index is 13.5. The summed E-state index contributed by atoms with van der Waals surface area (Å²) in [4.78, 5) is 25.1. The lowest BCUT2D eigenvalue weighted by atomic mass is 9.94. The van der Waals surface area contributed by atoms with Crippen molar-refractivity contribution in [1.29, 1.82) is 0 Å². The van der Waals surface area contributed by atoms with Gasteiger partial charge in [-0.1, -0.05) is 147 Å². The van der Waals surface area contributed by atoms with Crippen LogP contribution in [0.15, 0.2) is 121 Å². The fourth-order valence-electron chi connectivity index (χ4n) is 9.58. The summed E-state index contributed by atoms with van der Waals surface area (Å²) < 4.78 is 72.1. The Labute approximate surface area is 451 Å². The summed E-state index contributed by atoms with van der Waals surface area (Å²) in [7, 11) is 1.39. The Hall–Kier alpha value is -4.41. The lowest BCUT2D eigenvalue weighted by molar-refractivity contribution is -0.375. The highest BCUT2D eigenvalue weighted by atomic mass is 35.5. The molecule has 3 aliphatic heterocycles. The number of carbonyl (C=O) groups excluding carboxylic acids is 2. The van der Waals surface area contributed by atoms with Gasteiger partial charge in [-0.25, -0.2) is 0 Å². The van der Waals surface area contributed by atoms with Crippen LogP contribution in [0.1, 0.15) is 81.0 Å². The lowest BCUT2D eigenvalue weighted by Gasteiger charge is -2.51. The van der Waals surface area contributed by atoms with Gasteiger partial charge in [-0.05, 0) is 42.0 Å². The minimum absolute atomic E-state index is 0.112. The molecule has 0 bridgehead atoms. The quantitative estimate of drug-likeness (QED) is 0.0254. The number of hydrogen-bond donors (Lipinski definition) is 4. The van der Waals surface area contributed by atoms with Crippen molar-refractivity contribution in [3.05, 3.63) is 144 Å². The lowest BCUT2D eigenvalue weighted by Crippen LogP contribution is -2.70. The molecule has 3 fully saturated rings. The highest BCUT2D eigenvalue weighted by Crippen LogP contribution is 2.37. The number of alkyl halides is 1. The fraction of sp³-hybridized carbons (Fsp3) is 0.552. The number of carbonyl (C=O) groups is 2. The van der Waals surface area contributed by atoms with E-state index in [2.05, 4.69) is 5.32 Å².